The fourth-order valence-electron chi connectivity index (χ4n) is 2.28. The second-order valence-electron chi connectivity index (χ2n) is 5.99. The van der Waals surface area contributed by atoms with Crippen LogP contribution in [0.2, 0.25) is 0 Å². The minimum absolute atomic E-state index is 0.0447. The minimum Gasteiger partial charge on any atom is -0.466 e. The first-order valence-electron chi connectivity index (χ1n) is 8.74. The molecule has 0 fully saturated rings. The van der Waals surface area contributed by atoms with Gasteiger partial charge in [0.1, 0.15) is 5.75 Å². The number of furan rings is 1. The van der Waals surface area contributed by atoms with E-state index in [0.717, 1.165) is 0 Å². The molecule has 0 spiro atoms. The molecule has 2 amide bonds. The number of aromatic nitrogens is 1. The summed E-state index contributed by atoms with van der Waals surface area (Å²) in [5, 5.41) is 6.35. The van der Waals surface area contributed by atoms with Gasteiger partial charge in [-0.1, -0.05) is 34.8 Å². The number of halogens is 3. The number of pyridine rings is 1. The van der Waals surface area contributed by atoms with Gasteiger partial charge in [-0.25, -0.2) is 5.43 Å². The van der Waals surface area contributed by atoms with E-state index < -0.39 is 15.9 Å². The monoisotopic (exact) mass is 480 g/mol. The van der Waals surface area contributed by atoms with Crippen LogP contribution in [-0.2, 0) is 0 Å². The average molecular weight is 482 g/mol. The van der Waals surface area contributed by atoms with Crippen LogP contribution in [0.25, 0.3) is 0 Å². The fraction of sp³-hybridized carbons (Fsp3) is 0.100. The molecule has 0 aliphatic heterocycles. The van der Waals surface area contributed by atoms with E-state index >= 15 is 0 Å². The molecule has 0 saturated carbocycles. The molecule has 2 heterocycles. The Morgan fingerprint density at radius 1 is 1.06 bits per heavy atom. The van der Waals surface area contributed by atoms with Crippen LogP contribution in [0.3, 0.4) is 0 Å². The van der Waals surface area contributed by atoms with Crippen LogP contribution in [0.15, 0.2) is 76.7 Å². The molecule has 3 rings (SSSR count). The third-order valence-corrected chi connectivity index (χ3v) is 4.36. The molecule has 8 nitrogen and oxygen atoms in total. The number of carbonyl (C=O) groups is 2. The quantitative estimate of drug-likeness (QED) is 0.230. The van der Waals surface area contributed by atoms with Crippen LogP contribution < -0.4 is 15.5 Å². The number of hydrazone groups is 1. The van der Waals surface area contributed by atoms with Crippen LogP contribution in [0.5, 0.6) is 5.75 Å². The van der Waals surface area contributed by atoms with Gasteiger partial charge in [-0.2, -0.15) is 5.10 Å². The van der Waals surface area contributed by atoms with Crippen molar-refractivity contribution in [3.8, 4) is 5.75 Å². The topological polar surface area (TPSA) is 106 Å². The SMILES string of the molecule is O=C(NN=Cc1ccc(OC(NC(=O)c2ccco2)C(Cl)(Cl)Cl)cc1)c1ccncc1. The maximum Gasteiger partial charge on any atom is 0.289 e. The summed E-state index contributed by atoms with van der Waals surface area (Å²) in [6, 6.07) is 12.7. The third kappa shape index (κ3) is 6.71. The van der Waals surface area contributed by atoms with E-state index in [1.165, 1.54) is 30.9 Å². The summed E-state index contributed by atoms with van der Waals surface area (Å²) in [6.45, 7) is 0. The van der Waals surface area contributed by atoms with Gasteiger partial charge in [0.2, 0.25) is 10.0 Å². The highest BCUT2D eigenvalue weighted by molar-refractivity contribution is 6.68. The Morgan fingerprint density at radius 3 is 2.39 bits per heavy atom. The molecule has 3 aromatic rings. The van der Waals surface area contributed by atoms with E-state index in [0.29, 0.717) is 16.9 Å². The Kier molecular flexibility index (Phi) is 7.51. The predicted molar refractivity (Wildman–Crippen MR) is 117 cm³/mol. The summed E-state index contributed by atoms with van der Waals surface area (Å²) in [7, 11) is 0. The molecule has 0 radical (unpaired) electrons. The Labute approximate surface area is 192 Å². The van der Waals surface area contributed by atoms with Crippen molar-refractivity contribution in [1.82, 2.24) is 15.7 Å². The Morgan fingerprint density at radius 2 is 1.77 bits per heavy atom. The van der Waals surface area contributed by atoms with Crippen LogP contribution in [0, 0.1) is 0 Å². The maximum absolute atomic E-state index is 12.2. The smallest absolute Gasteiger partial charge is 0.289 e. The maximum atomic E-state index is 12.2. The summed E-state index contributed by atoms with van der Waals surface area (Å²) in [5.41, 5.74) is 3.52. The Bertz CT molecular complexity index is 1040. The number of hydrogen-bond donors (Lipinski definition) is 2. The van der Waals surface area contributed by atoms with Gasteiger partial charge < -0.3 is 14.5 Å². The zero-order valence-electron chi connectivity index (χ0n) is 15.7. The molecular weight excluding hydrogens is 467 g/mol. The lowest BCUT2D eigenvalue weighted by molar-refractivity contribution is 0.0804. The normalized spacial score (nSPS) is 12.4. The van der Waals surface area contributed by atoms with Gasteiger partial charge in [-0.15, -0.1) is 0 Å². The predicted octanol–water partition coefficient (Wildman–Crippen LogP) is 3.94. The molecule has 2 aromatic heterocycles. The summed E-state index contributed by atoms with van der Waals surface area (Å²) in [6.07, 6.45) is 4.54. The molecule has 0 bridgehead atoms. The molecule has 1 aromatic carbocycles. The fourth-order valence-corrected chi connectivity index (χ4v) is 2.58. The summed E-state index contributed by atoms with van der Waals surface area (Å²) >= 11 is 17.8. The van der Waals surface area contributed by atoms with Gasteiger partial charge in [-0.05, 0) is 54.1 Å². The lowest BCUT2D eigenvalue weighted by atomic mass is 10.2. The molecule has 1 atom stereocenters. The lowest BCUT2D eigenvalue weighted by Crippen LogP contribution is -2.47. The molecule has 11 heteroatoms. The zero-order chi connectivity index (χ0) is 22.3. The molecule has 0 aliphatic carbocycles. The standard InChI is InChI=1S/C20H15Cl3N4O4/c21-20(22,23)19(26-18(29)16-2-1-11-30-16)31-15-5-3-13(4-6-15)12-25-27-17(28)14-7-9-24-10-8-14/h1-12,19H,(H,26,29)(H,27,28). The second kappa shape index (κ2) is 10.3. The van der Waals surface area contributed by atoms with Crippen molar-refractivity contribution in [3.63, 3.8) is 0 Å². The van der Waals surface area contributed by atoms with Crippen LogP contribution in [0.4, 0.5) is 0 Å². The first-order chi connectivity index (χ1) is 14.8. The van der Waals surface area contributed by atoms with Gasteiger partial charge in [0.25, 0.3) is 11.8 Å². The highest BCUT2D eigenvalue weighted by atomic mass is 35.6. The average Bonchev–Trinajstić information content (AvgIpc) is 3.29. The van der Waals surface area contributed by atoms with E-state index in [1.807, 2.05) is 0 Å². The van der Waals surface area contributed by atoms with Crippen molar-refractivity contribution >= 4 is 52.8 Å². The third-order valence-electron chi connectivity index (χ3n) is 3.76. The number of ether oxygens (including phenoxy) is 1. The Balaban J connectivity index is 1.60. The molecule has 0 saturated heterocycles. The van der Waals surface area contributed by atoms with Crippen LogP contribution in [-0.4, -0.2) is 33.0 Å². The summed E-state index contributed by atoms with van der Waals surface area (Å²) in [4.78, 5) is 27.9. The number of amides is 2. The second-order valence-corrected chi connectivity index (χ2v) is 8.36. The van der Waals surface area contributed by atoms with Crippen LogP contribution in [0.1, 0.15) is 26.5 Å². The largest absolute Gasteiger partial charge is 0.466 e. The molecule has 2 N–H and O–H groups in total. The van der Waals surface area contributed by atoms with Crippen molar-refractivity contribution in [2.45, 2.75) is 10.0 Å². The molecule has 31 heavy (non-hydrogen) atoms. The van der Waals surface area contributed by atoms with E-state index in [9.17, 15) is 9.59 Å². The van der Waals surface area contributed by atoms with Gasteiger partial charge in [0.05, 0.1) is 12.5 Å². The van der Waals surface area contributed by atoms with Crippen molar-refractivity contribution < 1.29 is 18.7 Å². The highest BCUT2D eigenvalue weighted by Gasteiger charge is 2.36. The summed E-state index contributed by atoms with van der Waals surface area (Å²) < 4.78 is 8.68. The number of nitrogens with one attached hydrogen (secondary N) is 2. The van der Waals surface area contributed by atoms with Gasteiger partial charge >= 0.3 is 0 Å². The van der Waals surface area contributed by atoms with Crippen molar-refractivity contribution in [2.75, 3.05) is 0 Å². The Hall–Kier alpha value is -3.07. The first-order valence-corrected chi connectivity index (χ1v) is 9.87. The molecule has 1 unspecified atom stereocenters. The first kappa shape index (κ1) is 22.6. The van der Waals surface area contributed by atoms with E-state index in [4.69, 9.17) is 44.0 Å². The highest BCUT2D eigenvalue weighted by Crippen LogP contribution is 2.32. The number of rotatable bonds is 7. The van der Waals surface area contributed by atoms with Crippen LogP contribution >= 0.6 is 34.8 Å². The van der Waals surface area contributed by atoms with Crippen molar-refractivity contribution in [3.05, 3.63) is 84.1 Å². The van der Waals surface area contributed by atoms with E-state index in [1.54, 1.807) is 42.5 Å². The number of carbonyl (C=O) groups excluding carboxylic acids is 2. The van der Waals surface area contributed by atoms with Crippen molar-refractivity contribution in [2.24, 2.45) is 5.10 Å². The number of alkyl halides is 3. The van der Waals surface area contributed by atoms with E-state index in [-0.39, 0.29) is 11.7 Å². The number of hydrogen-bond acceptors (Lipinski definition) is 6. The molecule has 0 aliphatic rings. The van der Waals surface area contributed by atoms with Gasteiger partial charge in [0.15, 0.2) is 5.76 Å². The van der Waals surface area contributed by atoms with Crippen molar-refractivity contribution in [1.29, 1.82) is 0 Å². The number of benzene rings is 1. The van der Waals surface area contributed by atoms with E-state index in [2.05, 4.69) is 20.8 Å². The lowest BCUT2D eigenvalue weighted by Gasteiger charge is -2.25. The number of nitrogens with zero attached hydrogens (tertiary/aromatic N) is 2. The summed E-state index contributed by atoms with van der Waals surface area (Å²) in [5.74, 6) is -0.594. The molecular formula is C20H15Cl3N4O4. The van der Waals surface area contributed by atoms with Gasteiger partial charge in [0, 0.05) is 18.0 Å². The minimum atomic E-state index is -1.94. The zero-order valence-corrected chi connectivity index (χ0v) is 17.9. The molecule has 160 valence electrons. The van der Waals surface area contributed by atoms with Gasteiger partial charge in [-0.3, -0.25) is 14.6 Å².